The Bertz CT molecular complexity index is 302. The Labute approximate surface area is 91.4 Å². The van der Waals surface area contributed by atoms with E-state index in [-0.39, 0.29) is 0 Å². The van der Waals surface area contributed by atoms with Crippen molar-refractivity contribution in [2.45, 2.75) is 51.7 Å². The van der Waals surface area contributed by atoms with Crippen LogP contribution in [-0.2, 0) is 11.3 Å². The van der Waals surface area contributed by atoms with Crippen molar-refractivity contribution < 1.29 is 4.74 Å². The van der Waals surface area contributed by atoms with Crippen LogP contribution in [0.3, 0.4) is 0 Å². The summed E-state index contributed by atoms with van der Waals surface area (Å²) in [6, 6.07) is 2.13. The summed E-state index contributed by atoms with van der Waals surface area (Å²) in [5, 5.41) is 4.58. The number of hydrogen-bond donors (Lipinski definition) is 0. The second kappa shape index (κ2) is 4.79. The highest BCUT2D eigenvalue weighted by Gasteiger charge is 2.16. The van der Waals surface area contributed by atoms with Crippen LogP contribution in [0.2, 0.25) is 0 Å². The van der Waals surface area contributed by atoms with E-state index >= 15 is 0 Å². The second-order valence-corrected chi connectivity index (χ2v) is 4.41. The smallest absolute Gasteiger partial charge is 0.0771 e. The van der Waals surface area contributed by atoms with Gasteiger partial charge in [-0.3, -0.25) is 4.68 Å². The molecule has 2 atom stereocenters. The Morgan fingerprint density at radius 3 is 3.20 bits per heavy atom. The fourth-order valence-corrected chi connectivity index (χ4v) is 1.95. The van der Waals surface area contributed by atoms with E-state index in [1.807, 2.05) is 4.68 Å². The molecule has 2 rings (SSSR count). The van der Waals surface area contributed by atoms with E-state index in [1.165, 1.54) is 18.5 Å². The highest BCUT2D eigenvalue weighted by Crippen LogP contribution is 2.17. The molecule has 1 aliphatic heterocycles. The molecule has 0 spiro atoms. The van der Waals surface area contributed by atoms with Crippen molar-refractivity contribution in [3.63, 3.8) is 0 Å². The van der Waals surface area contributed by atoms with E-state index in [9.17, 15) is 0 Å². The lowest BCUT2D eigenvalue weighted by atomic mass is 10.1. The molecular weight excluding hydrogens is 188 g/mol. The van der Waals surface area contributed by atoms with Crippen LogP contribution >= 0.6 is 0 Å². The zero-order chi connectivity index (χ0) is 10.7. The van der Waals surface area contributed by atoms with Crippen LogP contribution in [0.5, 0.6) is 0 Å². The van der Waals surface area contributed by atoms with Crippen LogP contribution in [0.25, 0.3) is 0 Å². The van der Waals surface area contributed by atoms with Gasteiger partial charge < -0.3 is 4.74 Å². The van der Waals surface area contributed by atoms with E-state index in [4.69, 9.17) is 4.74 Å². The van der Waals surface area contributed by atoms with Gasteiger partial charge in [-0.2, -0.15) is 5.10 Å². The van der Waals surface area contributed by atoms with Crippen LogP contribution in [-0.4, -0.2) is 22.5 Å². The first kappa shape index (κ1) is 10.7. The van der Waals surface area contributed by atoms with Crippen LogP contribution in [0, 0.1) is 0 Å². The maximum Gasteiger partial charge on any atom is 0.0771 e. The fourth-order valence-electron chi connectivity index (χ4n) is 1.95. The molecule has 1 aromatic heterocycles. The van der Waals surface area contributed by atoms with Gasteiger partial charge in [0.25, 0.3) is 0 Å². The molecular formula is C12H20N2O. The van der Waals surface area contributed by atoms with Crippen molar-refractivity contribution in [3.05, 3.63) is 18.0 Å². The van der Waals surface area contributed by atoms with Crippen LogP contribution in [0.15, 0.2) is 12.3 Å². The van der Waals surface area contributed by atoms with Crippen LogP contribution in [0.1, 0.15) is 44.7 Å². The quantitative estimate of drug-likeness (QED) is 0.760. The van der Waals surface area contributed by atoms with Crippen LogP contribution in [0.4, 0.5) is 0 Å². The summed E-state index contributed by atoms with van der Waals surface area (Å²) >= 11 is 0. The first-order valence-electron chi connectivity index (χ1n) is 5.94. The lowest BCUT2D eigenvalue weighted by molar-refractivity contribution is 0.0938. The van der Waals surface area contributed by atoms with Gasteiger partial charge in [0, 0.05) is 12.8 Å². The molecule has 1 aromatic rings. The lowest BCUT2D eigenvalue weighted by Gasteiger charge is -2.09. The van der Waals surface area contributed by atoms with Gasteiger partial charge in [0.1, 0.15) is 0 Å². The Kier molecular flexibility index (Phi) is 3.41. The molecule has 1 fully saturated rings. The topological polar surface area (TPSA) is 27.1 Å². The minimum Gasteiger partial charge on any atom is -0.376 e. The molecule has 2 heterocycles. The molecule has 1 aliphatic rings. The standard InChI is InChI=1S/C12H20N2O/c1-3-10(2)12-6-7-14(13-12)9-11-5-4-8-15-11/h6-7,10-11H,3-5,8-9H2,1-2H3/t10?,11-/m0/s1. The van der Waals surface area contributed by atoms with Gasteiger partial charge in [0.05, 0.1) is 18.3 Å². The SMILES string of the molecule is CCC(C)c1ccn(C[C@@H]2CCCO2)n1. The van der Waals surface area contributed by atoms with Gasteiger partial charge in [0.2, 0.25) is 0 Å². The number of rotatable bonds is 4. The monoisotopic (exact) mass is 208 g/mol. The van der Waals surface area contributed by atoms with Gasteiger partial charge >= 0.3 is 0 Å². The number of ether oxygens (including phenoxy) is 1. The molecule has 0 amide bonds. The number of hydrogen-bond acceptors (Lipinski definition) is 2. The molecule has 0 saturated carbocycles. The zero-order valence-corrected chi connectivity index (χ0v) is 9.65. The van der Waals surface area contributed by atoms with Crippen LogP contribution < -0.4 is 0 Å². The van der Waals surface area contributed by atoms with E-state index in [2.05, 4.69) is 31.2 Å². The van der Waals surface area contributed by atoms with Crippen molar-refractivity contribution in [2.75, 3.05) is 6.61 Å². The molecule has 15 heavy (non-hydrogen) atoms. The van der Waals surface area contributed by atoms with Crippen molar-refractivity contribution in [1.29, 1.82) is 0 Å². The van der Waals surface area contributed by atoms with Gasteiger partial charge in [0.15, 0.2) is 0 Å². The summed E-state index contributed by atoms with van der Waals surface area (Å²) in [6.45, 7) is 6.25. The summed E-state index contributed by atoms with van der Waals surface area (Å²) in [4.78, 5) is 0. The Morgan fingerprint density at radius 2 is 2.53 bits per heavy atom. The molecule has 0 aromatic carbocycles. The highest BCUT2D eigenvalue weighted by atomic mass is 16.5. The normalized spacial score (nSPS) is 23.2. The molecule has 1 saturated heterocycles. The molecule has 0 N–H and O–H groups in total. The number of aromatic nitrogens is 2. The maximum absolute atomic E-state index is 5.59. The predicted octanol–water partition coefficient (Wildman–Crippen LogP) is 2.58. The molecule has 0 bridgehead atoms. The second-order valence-electron chi connectivity index (χ2n) is 4.41. The van der Waals surface area contributed by atoms with Crippen molar-refractivity contribution in [2.24, 2.45) is 0 Å². The molecule has 3 nitrogen and oxygen atoms in total. The summed E-state index contributed by atoms with van der Waals surface area (Å²) in [7, 11) is 0. The Hall–Kier alpha value is -0.830. The molecule has 0 radical (unpaired) electrons. The summed E-state index contributed by atoms with van der Waals surface area (Å²) in [5.41, 5.74) is 1.20. The van der Waals surface area contributed by atoms with Gasteiger partial charge in [-0.15, -0.1) is 0 Å². The van der Waals surface area contributed by atoms with E-state index in [1.54, 1.807) is 0 Å². The minimum atomic E-state index is 0.384. The Balaban J connectivity index is 1.94. The van der Waals surface area contributed by atoms with Gasteiger partial charge in [-0.05, 0) is 31.2 Å². The fraction of sp³-hybridized carbons (Fsp3) is 0.750. The highest BCUT2D eigenvalue weighted by molar-refractivity contribution is 5.04. The van der Waals surface area contributed by atoms with E-state index < -0.39 is 0 Å². The average molecular weight is 208 g/mol. The minimum absolute atomic E-state index is 0.384. The first-order chi connectivity index (χ1) is 7.29. The van der Waals surface area contributed by atoms with Crippen molar-refractivity contribution in [1.82, 2.24) is 9.78 Å². The third-order valence-electron chi connectivity index (χ3n) is 3.19. The van der Waals surface area contributed by atoms with Gasteiger partial charge in [-0.1, -0.05) is 13.8 Å². The predicted molar refractivity (Wildman–Crippen MR) is 59.9 cm³/mol. The maximum atomic E-state index is 5.59. The summed E-state index contributed by atoms with van der Waals surface area (Å²) in [6.07, 6.45) is 5.98. The third-order valence-corrected chi connectivity index (χ3v) is 3.19. The molecule has 0 aliphatic carbocycles. The van der Waals surface area contributed by atoms with Crippen molar-refractivity contribution in [3.8, 4) is 0 Å². The first-order valence-corrected chi connectivity index (χ1v) is 5.94. The lowest BCUT2D eigenvalue weighted by Crippen LogP contribution is -2.15. The average Bonchev–Trinajstić information content (AvgIpc) is 2.88. The molecule has 84 valence electrons. The third kappa shape index (κ3) is 2.59. The largest absolute Gasteiger partial charge is 0.376 e. The van der Waals surface area contributed by atoms with E-state index in [0.29, 0.717) is 12.0 Å². The van der Waals surface area contributed by atoms with Crippen molar-refractivity contribution >= 4 is 0 Å². The number of nitrogens with zero attached hydrogens (tertiary/aromatic N) is 2. The van der Waals surface area contributed by atoms with Gasteiger partial charge in [-0.25, -0.2) is 0 Å². The van der Waals surface area contributed by atoms with E-state index in [0.717, 1.165) is 19.6 Å². The Morgan fingerprint density at radius 1 is 1.67 bits per heavy atom. The summed E-state index contributed by atoms with van der Waals surface area (Å²) in [5.74, 6) is 0.566. The molecule has 3 heteroatoms. The molecule has 1 unspecified atom stereocenters. The zero-order valence-electron chi connectivity index (χ0n) is 9.65. The summed E-state index contributed by atoms with van der Waals surface area (Å²) < 4.78 is 7.62.